The largest absolute Gasteiger partial charge is 0.478 e. The van der Waals surface area contributed by atoms with Gasteiger partial charge in [-0.15, -0.1) is 0 Å². The minimum absolute atomic E-state index is 0.180. The molecule has 5 heteroatoms. The third kappa shape index (κ3) is 1.79. The number of rotatable bonds is 1. The number of hydrogen-bond donors (Lipinski definition) is 2. The molecule has 0 aliphatic carbocycles. The monoisotopic (exact) mass is 264 g/mol. The molecular weight excluding hydrogens is 259 g/mol. The van der Waals surface area contributed by atoms with Gasteiger partial charge in [-0.3, -0.25) is 0 Å². The smallest absolute Gasteiger partial charge is 0.338 e. The Bertz CT molecular complexity index is 301. The summed E-state index contributed by atoms with van der Waals surface area (Å²) in [6, 6.07) is 2.90. The SMILES string of the molecule is Nc1ccc(C(=O)O)c(I)n1. The summed E-state index contributed by atoms with van der Waals surface area (Å²) >= 11 is 1.83. The van der Waals surface area contributed by atoms with E-state index in [1.807, 2.05) is 22.6 Å². The Kier molecular flexibility index (Phi) is 2.28. The van der Waals surface area contributed by atoms with E-state index in [2.05, 4.69) is 4.98 Å². The first-order valence-electron chi connectivity index (χ1n) is 2.76. The van der Waals surface area contributed by atoms with Crippen LogP contribution in [0, 0.1) is 3.70 Å². The van der Waals surface area contributed by atoms with Crippen LogP contribution in [0.1, 0.15) is 10.4 Å². The Hall–Kier alpha value is -0.850. The molecule has 1 aromatic heterocycles. The van der Waals surface area contributed by atoms with Crippen molar-refractivity contribution in [3.63, 3.8) is 0 Å². The van der Waals surface area contributed by atoms with Crippen LogP contribution in [0.3, 0.4) is 0 Å². The standard InChI is InChI=1S/C6H5IN2O2/c7-5-3(6(10)11)1-2-4(8)9-5/h1-2H,(H2,8,9)(H,10,11). The minimum Gasteiger partial charge on any atom is -0.478 e. The highest BCUT2D eigenvalue weighted by molar-refractivity contribution is 14.1. The van der Waals surface area contributed by atoms with Crippen molar-refractivity contribution in [2.24, 2.45) is 0 Å². The molecule has 58 valence electrons. The summed E-state index contributed by atoms with van der Waals surface area (Å²) in [6.07, 6.45) is 0. The second-order valence-corrected chi connectivity index (χ2v) is 2.90. The van der Waals surface area contributed by atoms with Gasteiger partial charge in [-0.1, -0.05) is 0 Å². The van der Waals surface area contributed by atoms with Crippen molar-refractivity contribution in [2.75, 3.05) is 5.73 Å². The van der Waals surface area contributed by atoms with Crippen molar-refractivity contribution in [1.29, 1.82) is 0 Å². The van der Waals surface area contributed by atoms with Crippen molar-refractivity contribution >= 4 is 34.4 Å². The fourth-order valence-corrected chi connectivity index (χ4v) is 1.30. The van der Waals surface area contributed by atoms with Crippen LogP contribution in [-0.2, 0) is 0 Å². The van der Waals surface area contributed by atoms with E-state index in [4.69, 9.17) is 10.8 Å². The second-order valence-electron chi connectivity index (χ2n) is 1.88. The third-order valence-electron chi connectivity index (χ3n) is 1.10. The number of carboxylic acid groups (broad SMARTS) is 1. The molecule has 0 aromatic carbocycles. The maximum absolute atomic E-state index is 10.4. The van der Waals surface area contributed by atoms with E-state index in [0.29, 0.717) is 9.52 Å². The second kappa shape index (κ2) is 3.04. The lowest BCUT2D eigenvalue weighted by Crippen LogP contribution is -2.03. The van der Waals surface area contributed by atoms with Gasteiger partial charge in [0.2, 0.25) is 0 Å². The van der Waals surface area contributed by atoms with Crippen LogP contribution in [0.5, 0.6) is 0 Å². The average Bonchev–Trinajstić information content (AvgIpc) is 1.85. The molecule has 0 radical (unpaired) electrons. The lowest BCUT2D eigenvalue weighted by molar-refractivity contribution is 0.0695. The molecule has 4 nitrogen and oxygen atoms in total. The van der Waals surface area contributed by atoms with Crippen LogP contribution in [0.25, 0.3) is 0 Å². The number of nitrogens with two attached hydrogens (primary N) is 1. The molecule has 0 saturated carbocycles. The lowest BCUT2D eigenvalue weighted by atomic mass is 10.3. The van der Waals surface area contributed by atoms with Gasteiger partial charge in [-0.2, -0.15) is 0 Å². The predicted molar refractivity (Wildman–Crippen MR) is 48.3 cm³/mol. The number of anilines is 1. The molecule has 0 fully saturated rings. The highest BCUT2D eigenvalue weighted by Gasteiger charge is 2.07. The number of nitrogens with zero attached hydrogens (tertiary/aromatic N) is 1. The Labute approximate surface area is 76.6 Å². The van der Waals surface area contributed by atoms with Gasteiger partial charge in [0.1, 0.15) is 9.52 Å². The summed E-state index contributed by atoms with van der Waals surface area (Å²) in [4.78, 5) is 14.2. The van der Waals surface area contributed by atoms with E-state index in [1.165, 1.54) is 12.1 Å². The van der Waals surface area contributed by atoms with Crippen LogP contribution < -0.4 is 5.73 Å². The Morgan fingerprint density at radius 2 is 2.27 bits per heavy atom. The first kappa shape index (κ1) is 8.25. The third-order valence-corrected chi connectivity index (χ3v) is 1.92. The van der Waals surface area contributed by atoms with Gasteiger partial charge in [0.05, 0.1) is 5.56 Å². The molecule has 11 heavy (non-hydrogen) atoms. The number of hydrogen-bond acceptors (Lipinski definition) is 3. The number of aromatic carboxylic acids is 1. The summed E-state index contributed by atoms with van der Waals surface area (Å²) in [7, 11) is 0. The Morgan fingerprint density at radius 3 is 2.73 bits per heavy atom. The number of nitrogen functional groups attached to an aromatic ring is 1. The van der Waals surface area contributed by atoms with E-state index >= 15 is 0 Å². The molecule has 0 spiro atoms. The van der Waals surface area contributed by atoms with E-state index in [0.717, 1.165) is 0 Å². The molecule has 0 amide bonds. The fourth-order valence-electron chi connectivity index (χ4n) is 0.608. The van der Waals surface area contributed by atoms with Gasteiger partial charge in [0.25, 0.3) is 0 Å². The molecule has 0 atom stereocenters. The quantitative estimate of drug-likeness (QED) is 0.585. The summed E-state index contributed by atoms with van der Waals surface area (Å²) in [5, 5.41) is 8.57. The maximum Gasteiger partial charge on any atom is 0.338 e. The van der Waals surface area contributed by atoms with Gasteiger partial charge in [-0.25, -0.2) is 9.78 Å². The van der Waals surface area contributed by atoms with E-state index < -0.39 is 5.97 Å². The zero-order valence-electron chi connectivity index (χ0n) is 5.41. The highest BCUT2D eigenvalue weighted by Crippen LogP contribution is 2.10. The summed E-state index contributed by atoms with van der Waals surface area (Å²) in [5.41, 5.74) is 5.50. The van der Waals surface area contributed by atoms with E-state index in [-0.39, 0.29) is 5.56 Å². The molecule has 0 unspecified atom stereocenters. The van der Waals surface area contributed by atoms with Gasteiger partial charge in [0, 0.05) is 0 Å². The zero-order valence-corrected chi connectivity index (χ0v) is 7.57. The molecule has 0 aliphatic heterocycles. The van der Waals surface area contributed by atoms with Crippen molar-refractivity contribution in [1.82, 2.24) is 4.98 Å². The van der Waals surface area contributed by atoms with Gasteiger partial charge in [-0.05, 0) is 34.7 Å². The normalized spacial score (nSPS) is 9.55. The molecule has 0 aliphatic rings. The molecule has 1 aromatic rings. The van der Waals surface area contributed by atoms with Crippen molar-refractivity contribution in [2.45, 2.75) is 0 Å². The number of aromatic nitrogens is 1. The highest BCUT2D eigenvalue weighted by atomic mass is 127. The van der Waals surface area contributed by atoms with E-state index in [9.17, 15) is 4.79 Å². The Balaban J connectivity index is 3.20. The van der Waals surface area contributed by atoms with Crippen molar-refractivity contribution in [3.8, 4) is 0 Å². The van der Waals surface area contributed by atoms with Crippen molar-refractivity contribution < 1.29 is 9.90 Å². The first-order valence-corrected chi connectivity index (χ1v) is 3.84. The molecular formula is C6H5IN2O2. The maximum atomic E-state index is 10.4. The lowest BCUT2D eigenvalue weighted by Gasteiger charge is -1.97. The summed E-state index contributed by atoms with van der Waals surface area (Å²) in [6.45, 7) is 0. The topological polar surface area (TPSA) is 76.2 Å². The van der Waals surface area contributed by atoms with Crippen molar-refractivity contribution in [3.05, 3.63) is 21.4 Å². The van der Waals surface area contributed by atoms with Gasteiger partial charge < -0.3 is 10.8 Å². The summed E-state index contributed by atoms with van der Waals surface area (Å²) < 4.78 is 0.412. The van der Waals surface area contributed by atoms with Crippen LogP contribution in [-0.4, -0.2) is 16.1 Å². The van der Waals surface area contributed by atoms with Gasteiger partial charge >= 0.3 is 5.97 Å². The van der Waals surface area contributed by atoms with Gasteiger partial charge in [0.15, 0.2) is 0 Å². The first-order chi connectivity index (χ1) is 5.11. The number of carbonyl (C=O) groups is 1. The summed E-state index contributed by atoms with van der Waals surface area (Å²) in [5.74, 6) is -0.652. The number of carboxylic acids is 1. The van der Waals surface area contributed by atoms with Crippen LogP contribution in [0.15, 0.2) is 12.1 Å². The molecule has 1 rings (SSSR count). The minimum atomic E-state index is -0.984. The molecule has 0 saturated heterocycles. The van der Waals surface area contributed by atoms with Crippen LogP contribution in [0.4, 0.5) is 5.82 Å². The zero-order chi connectivity index (χ0) is 8.43. The predicted octanol–water partition coefficient (Wildman–Crippen LogP) is 0.967. The molecule has 0 bridgehead atoms. The number of pyridine rings is 1. The fraction of sp³-hybridized carbons (Fsp3) is 0. The Morgan fingerprint density at radius 1 is 1.64 bits per heavy atom. The van der Waals surface area contributed by atoms with Crippen LogP contribution in [0.2, 0.25) is 0 Å². The molecule has 3 N–H and O–H groups in total. The number of halogens is 1. The average molecular weight is 264 g/mol. The van der Waals surface area contributed by atoms with E-state index in [1.54, 1.807) is 0 Å². The van der Waals surface area contributed by atoms with Crippen LogP contribution >= 0.6 is 22.6 Å². The molecule has 1 heterocycles.